The molecule has 3 nitrogen and oxygen atoms in total. The maximum Gasteiger partial charge on any atom is 0.227 e. The van der Waals surface area contributed by atoms with E-state index in [0.29, 0.717) is 26.1 Å². The Balaban J connectivity index is 2.02. The van der Waals surface area contributed by atoms with Gasteiger partial charge in [0.25, 0.3) is 0 Å². The van der Waals surface area contributed by atoms with Gasteiger partial charge in [-0.05, 0) is 34.9 Å². The summed E-state index contributed by atoms with van der Waals surface area (Å²) < 4.78 is 5.12. The number of methoxy groups -OCH3 is 1. The van der Waals surface area contributed by atoms with Crippen LogP contribution >= 0.6 is 11.3 Å². The molecule has 2 rings (SSSR count). The molecule has 0 unspecified atom stereocenters. The third-order valence-corrected chi connectivity index (χ3v) is 4.04. The lowest BCUT2D eigenvalue weighted by molar-refractivity contribution is -0.131. The lowest BCUT2D eigenvalue weighted by Crippen LogP contribution is -2.34. The van der Waals surface area contributed by atoms with Crippen LogP contribution in [0.25, 0.3) is 0 Å². The molecule has 0 atom stereocenters. The second-order valence-corrected chi connectivity index (χ2v) is 5.89. The molecule has 21 heavy (non-hydrogen) atoms. The molecule has 1 amide bonds. The van der Waals surface area contributed by atoms with Crippen molar-refractivity contribution in [2.24, 2.45) is 0 Å². The highest BCUT2D eigenvalue weighted by Crippen LogP contribution is 2.12. The number of carbonyl (C=O) groups excluding carboxylic acids is 1. The molecule has 0 saturated carbocycles. The number of rotatable bonds is 7. The monoisotopic (exact) mass is 303 g/mol. The van der Waals surface area contributed by atoms with Crippen molar-refractivity contribution in [1.29, 1.82) is 0 Å². The van der Waals surface area contributed by atoms with Gasteiger partial charge in [0.15, 0.2) is 0 Å². The van der Waals surface area contributed by atoms with E-state index in [2.05, 4.69) is 17.5 Å². The van der Waals surface area contributed by atoms with Crippen molar-refractivity contribution in [2.75, 3.05) is 20.3 Å². The average molecular weight is 303 g/mol. The Morgan fingerprint density at radius 1 is 1.29 bits per heavy atom. The Kier molecular flexibility index (Phi) is 5.96. The van der Waals surface area contributed by atoms with Gasteiger partial charge in [0.1, 0.15) is 0 Å². The Hall–Kier alpha value is -1.65. The zero-order valence-electron chi connectivity index (χ0n) is 12.5. The van der Waals surface area contributed by atoms with Gasteiger partial charge in [0.05, 0.1) is 13.0 Å². The van der Waals surface area contributed by atoms with E-state index in [1.165, 1.54) is 11.1 Å². The predicted molar refractivity (Wildman–Crippen MR) is 86.5 cm³/mol. The van der Waals surface area contributed by atoms with Crippen molar-refractivity contribution in [3.8, 4) is 0 Å². The van der Waals surface area contributed by atoms with Gasteiger partial charge >= 0.3 is 0 Å². The molecule has 112 valence electrons. The number of hydrogen-bond acceptors (Lipinski definition) is 3. The van der Waals surface area contributed by atoms with E-state index in [1.54, 1.807) is 18.4 Å². The molecule has 0 aliphatic rings. The first kappa shape index (κ1) is 15.7. The molecule has 1 heterocycles. The van der Waals surface area contributed by atoms with Gasteiger partial charge in [0, 0.05) is 20.2 Å². The molecule has 0 saturated heterocycles. The van der Waals surface area contributed by atoms with Crippen LogP contribution in [0, 0.1) is 6.92 Å². The summed E-state index contributed by atoms with van der Waals surface area (Å²) in [5, 5.41) is 4.12. The predicted octanol–water partition coefficient (Wildman–Crippen LogP) is 3.27. The van der Waals surface area contributed by atoms with E-state index in [0.717, 1.165) is 5.56 Å². The molecule has 0 aliphatic heterocycles. The average Bonchev–Trinajstić information content (AvgIpc) is 2.96. The first-order valence-electron chi connectivity index (χ1n) is 7.02. The fraction of sp³-hybridized carbons (Fsp3) is 0.353. The van der Waals surface area contributed by atoms with Gasteiger partial charge in [-0.15, -0.1) is 0 Å². The number of amides is 1. The van der Waals surface area contributed by atoms with Gasteiger partial charge in [-0.25, -0.2) is 0 Å². The van der Waals surface area contributed by atoms with Crippen LogP contribution in [0.3, 0.4) is 0 Å². The molecule has 0 radical (unpaired) electrons. The molecule has 0 N–H and O–H groups in total. The number of nitrogens with zero attached hydrogens (tertiary/aromatic N) is 1. The Morgan fingerprint density at radius 3 is 2.81 bits per heavy atom. The summed E-state index contributed by atoms with van der Waals surface area (Å²) in [6, 6.07) is 10.2. The van der Waals surface area contributed by atoms with Crippen LogP contribution in [0.1, 0.15) is 16.7 Å². The second-order valence-electron chi connectivity index (χ2n) is 5.11. The van der Waals surface area contributed by atoms with Crippen molar-refractivity contribution >= 4 is 17.2 Å². The fourth-order valence-corrected chi connectivity index (χ4v) is 2.86. The Morgan fingerprint density at radius 2 is 2.14 bits per heavy atom. The highest BCUT2D eigenvalue weighted by atomic mass is 32.1. The van der Waals surface area contributed by atoms with Crippen molar-refractivity contribution in [1.82, 2.24) is 4.90 Å². The van der Waals surface area contributed by atoms with Gasteiger partial charge < -0.3 is 9.64 Å². The third-order valence-electron chi connectivity index (χ3n) is 3.31. The molecule has 1 aromatic heterocycles. The molecule has 0 bridgehead atoms. The Labute approximate surface area is 130 Å². The zero-order chi connectivity index (χ0) is 15.1. The maximum atomic E-state index is 12.5. The highest BCUT2D eigenvalue weighted by Gasteiger charge is 2.14. The van der Waals surface area contributed by atoms with Crippen LogP contribution in [0.4, 0.5) is 0 Å². The highest BCUT2D eigenvalue weighted by molar-refractivity contribution is 7.07. The quantitative estimate of drug-likeness (QED) is 0.785. The first-order chi connectivity index (χ1) is 10.2. The van der Waals surface area contributed by atoms with Crippen molar-refractivity contribution < 1.29 is 9.53 Å². The molecule has 2 aromatic rings. The van der Waals surface area contributed by atoms with Crippen LogP contribution in [0.5, 0.6) is 0 Å². The molecule has 4 heteroatoms. The minimum absolute atomic E-state index is 0.142. The van der Waals surface area contributed by atoms with Gasteiger partial charge in [-0.2, -0.15) is 11.3 Å². The minimum atomic E-state index is 0.142. The molecule has 0 spiro atoms. The summed E-state index contributed by atoms with van der Waals surface area (Å²) in [7, 11) is 1.66. The molecule has 0 fully saturated rings. The van der Waals surface area contributed by atoms with Crippen LogP contribution in [-0.2, 0) is 22.5 Å². The number of benzene rings is 1. The number of hydrogen-bond donors (Lipinski definition) is 0. The summed E-state index contributed by atoms with van der Waals surface area (Å²) in [4.78, 5) is 14.4. The topological polar surface area (TPSA) is 29.5 Å². The molecular formula is C17H21NO2S. The van der Waals surface area contributed by atoms with E-state index in [9.17, 15) is 4.79 Å². The van der Waals surface area contributed by atoms with E-state index in [1.807, 2.05) is 35.4 Å². The van der Waals surface area contributed by atoms with Crippen molar-refractivity contribution in [2.45, 2.75) is 19.9 Å². The van der Waals surface area contributed by atoms with Crippen LogP contribution in [-0.4, -0.2) is 31.1 Å². The number of ether oxygens (including phenoxy) is 1. The SMILES string of the molecule is COCCN(Cc1ccsc1)C(=O)Cc1cccc(C)c1. The number of thiophene rings is 1. The summed E-state index contributed by atoms with van der Waals surface area (Å²) in [6.45, 7) is 3.88. The molecule has 1 aromatic carbocycles. The first-order valence-corrected chi connectivity index (χ1v) is 7.96. The molecular weight excluding hydrogens is 282 g/mol. The van der Waals surface area contributed by atoms with Crippen molar-refractivity contribution in [3.05, 3.63) is 57.8 Å². The largest absolute Gasteiger partial charge is 0.383 e. The summed E-state index contributed by atoms with van der Waals surface area (Å²) >= 11 is 1.65. The number of aryl methyl sites for hydroxylation is 1. The van der Waals surface area contributed by atoms with Gasteiger partial charge in [-0.3, -0.25) is 4.79 Å². The normalized spacial score (nSPS) is 10.6. The van der Waals surface area contributed by atoms with E-state index in [-0.39, 0.29) is 5.91 Å². The Bertz CT molecular complexity index is 566. The zero-order valence-corrected chi connectivity index (χ0v) is 13.4. The third kappa shape index (κ3) is 4.99. The van der Waals surface area contributed by atoms with E-state index < -0.39 is 0 Å². The van der Waals surface area contributed by atoms with E-state index in [4.69, 9.17) is 4.74 Å². The van der Waals surface area contributed by atoms with Crippen LogP contribution in [0.2, 0.25) is 0 Å². The smallest absolute Gasteiger partial charge is 0.227 e. The lowest BCUT2D eigenvalue weighted by Gasteiger charge is -2.22. The minimum Gasteiger partial charge on any atom is -0.383 e. The van der Waals surface area contributed by atoms with Gasteiger partial charge in [0.2, 0.25) is 5.91 Å². The van der Waals surface area contributed by atoms with Crippen molar-refractivity contribution in [3.63, 3.8) is 0 Å². The van der Waals surface area contributed by atoms with E-state index >= 15 is 0 Å². The fourth-order valence-electron chi connectivity index (χ4n) is 2.20. The standard InChI is InChI=1S/C17H21NO2S/c1-14-4-3-5-15(10-14)11-17(19)18(7-8-20-2)12-16-6-9-21-13-16/h3-6,9-10,13H,7-8,11-12H2,1-2H3. The summed E-state index contributed by atoms with van der Waals surface area (Å²) in [5.41, 5.74) is 3.42. The maximum absolute atomic E-state index is 12.5. The second kappa shape index (κ2) is 7.96. The summed E-state index contributed by atoms with van der Waals surface area (Å²) in [5.74, 6) is 0.142. The van der Waals surface area contributed by atoms with Crippen LogP contribution in [0.15, 0.2) is 41.1 Å². The molecule has 0 aliphatic carbocycles. The summed E-state index contributed by atoms with van der Waals surface area (Å²) in [6.07, 6.45) is 0.440. The van der Waals surface area contributed by atoms with Gasteiger partial charge in [-0.1, -0.05) is 29.8 Å². The van der Waals surface area contributed by atoms with Crippen LogP contribution < -0.4 is 0 Å². The number of carbonyl (C=O) groups is 1. The lowest BCUT2D eigenvalue weighted by atomic mass is 10.1.